The lowest BCUT2D eigenvalue weighted by atomic mass is 10.0. The fraction of sp³-hybridized carbons (Fsp3) is 0.348. The standard InChI is InChI=1S/C23H28N2O6/c1-15(2)20(25-23(29)31-14-16-8-5-4-6-9-16)21(26)24-19(22(27)28)13-17-10-7-11-18(12-17)30-3/h4-12,15,19-20H,13-14H2,1-3H3,(H,24,26)(H,25,29)(H,27,28)/t19-,20-/m0/s1. The maximum Gasteiger partial charge on any atom is 0.408 e. The molecule has 0 saturated carbocycles. The van der Waals surface area contributed by atoms with Crippen LogP contribution in [-0.4, -0.2) is 42.3 Å². The number of benzene rings is 2. The van der Waals surface area contributed by atoms with Crippen LogP contribution in [0.5, 0.6) is 5.75 Å². The SMILES string of the molecule is COc1cccc(C[C@H](NC(=O)[C@@H](NC(=O)OCc2ccccc2)C(C)C)C(=O)O)c1. The van der Waals surface area contributed by atoms with Crippen molar-refractivity contribution in [3.8, 4) is 5.75 Å². The molecule has 2 rings (SSSR count). The summed E-state index contributed by atoms with van der Waals surface area (Å²) in [4.78, 5) is 36.6. The molecule has 0 bridgehead atoms. The highest BCUT2D eigenvalue weighted by molar-refractivity contribution is 5.89. The predicted octanol–water partition coefficient (Wildman–Crippen LogP) is 2.76. The van der Waals surface area contributed by atoms with Crippen molar-refractivity contribution in [2.75, 3.05) is 7.11 Å². The van der Waals surface area contributed by atoms with Gasteiger partial charge in [-0.05, 0) is 29.2 Å². The summed E-state index contributed by atoms with van der Waals surface area (Å²) in [6.45, 7) is 3.56. The van der Waals surface area contributed by atoms with Crippen LogP contribution in [-0.2, 0) is 27.4 Å². The molecule has 8 heteroatoms. The van der Waals surface area contributed by atoms with Gasteiger partial charge in [0, 0.05) is 6.42 Å². The first-order valence-electron chi connectivity index (χ1n) is 9.93. The number of methoxy groups -OCH3 is 1. The number of rotatable bonds is 10. The molecule has 0 saturated heterocycles. The van der Waals surface area contributed by atoms with E-state index < -0.39 is 30.1 Å². The number of amides is 2. The molecule has 0 unspecified atom stereocenters. The van der Waals surface area contributed by atoms with Crippen molar-refractivity contribution in [3.63, 3.8) is 0 Å². The van der Waals surface area contributed by atoms with E-state index in [1.807, 2.05) is 30.3 Å². The van der Waals surface area contributed by atoms with E-state index in [-0.39, 0.29) is 18.9 Å². The summed E-state index contributed by atoms with van der Waals surface area (Å²) >= 11 is 0. The Morgan fingerprint density at radius 3 is 2.26 bits per heavy atom. The molecule has 0 aromatic heterocycles. The Kier molecular flexibility index (Phi) is 8.87. The number of aliphatic carboxylic acids is 1. The molecule has 8 nitrogen and oxygen atoms in total. The quantitative estimate of drug-likeness (QED) is 0.536. The van der Waals surface area contributed by atoms with Crippen LogP contribution in [0.25, 0.3) is 0 Å². The van der Waals surface area contributed by atoms with Gasteiger partial charge in [-0.2, -0.15) is 0 Å². The van der Waals surface area contributed by atoms with Crippen LogP contribution in [0.4, 0.5) is 4.79 Å². The topological polar surface area (TPSA) is 114 Å². The molecule has 166 valence electrons. The maximum absolute atomic E-state index is 12.8. The van der Waals surface area contributed by atoms with Gasteiger partial charge >= 0.3 is 12.1 Å². The van der Waals surface area contributed by atoms with Crippen LogP contribution >= 0.6 is 0 Å². The molecule has 0 aliphatic heterocycles. The molecule has 0 aliphatic carbocycles. The molecule has 2 aromatic carbocycles. The molecule has 2 amide bonds. The number of nitrogens with one attached hydrogen (secondary N) is 2. The van der Waals surface area contributed by atoms with Crippen LogP contribution in [0, 0.1) is 5.92 Å². The highest BCUT2D eigenvalue weighted by Gasteiger charge is 2.29. The smallest absolute Gasteiger partial charge is 0.408 e. The third kappa shape index (κ3) is 7.65. The van der Waals surface area contributed by atoms with Gasteiger partial charge in [0.2, 0.25) is 5.91 Å². The Balaban J connectivity index is 1.99. The minimum Gasteiger partial charge on any atom is -0.497 e. The Labute approximate surface area is 181 Å². The second-order valence-corrected chi connectivity index (χ2v) is 7.38. The molecule has 0 radical (unpaired) electrons. The fourth-order valence-electron chi connectivity index (χ4n) is 2.92. The van der Waals surface area contributed by atoms with Gasteiger partial charge < -0.3 is 25.2 Å². The molecule has 0 aliphatic rings. The fourth-order valence-corrected chi connectivity index (χ4v) is 2.92. The van der Waals surface area contributed by atoms with Gasteiger partial charge in [-0.3, -0.25) is 4.79 Å². The van der Waals surface area contributed by atoms with Crippen LogP contribution in [0.3, 0.4) is 0 Å². The van der Waals surface area contributed by atoms with E-state index in [1.54, 1.807) is 38.1 Å². The van der Waals surface area contributed by atoms with E-state index in [9.17, 15) is 19.5 Å². The van der Waals surface area contributed by atoms with Crippen molar-refractivity contribution in [1.29, 1.82) is 0 Å². The molecular weight excluding hydrogens is 400 g/mol. The van der Waals surface area contributed by atoms with Gasteiger partial charge in [0.25, 0.3) is 0 Å². The first kappa shape index (κ1) is 23.7. The zero-order valence-electron chi connectivity index (χ0n) is 17.8. The van der Waals surface area contributed by atoms with E-state index in [0.717, 1.165) is 5.56 Å². The third-order valence-corrected chi connectivity index (χ3v) is 4.62. The molecule has 0 fully saturated rings. The van der Waals surface area contributed by atoms with Crippen molar-refractivity contribution >= 4 is 18.0 Å². The van der Waals surface area contributed by atoms with Crippen molar-refractivity contribution in [2.45, 2.75) is 39.0 Å². The average Bonchev–Trinajstić information content (AvgIpc) is 2.76. The first-order chi connectivity index (χ1) is 14.8. The number of carboxylic acids is 1. The number of ether oxygens (including phenoxy) is 2. The lowest BCUT2D eigenvalue weighted by molar-refractivity contribution is -0.142. The Hall–Kier alpha value is -3.55. The summed E-state index contributed by atoms with van der Waals surface area (Å²) in [6, 6.07) is 14.0. The average molecular weight is 428 g/mol. The Morgan fingerprint density at radius 1 is 0.968 bits per heavy atom. The van der Waals surface area contributed by atoms with Crippen LogP contribution in [0.2, 0.25) is 0 Å². The van der Waals surface area contributed by atoms with Crippen molar-refractivity contribution in [1.82, 2.24) is 10.6 Å². The van der Waals surface area contributed by atoms with E-state index in [4.69, 9.17) is 9.47 Å². The van der Waals surface area contributed by atoms with Gasteiger partial charge in [-0.15, -0.1) is 0 Å². The molecule has 31 heavy (non-hydrogen) atoms. The molecule has 2 aromatic rings. The lowest BCUT2D eigenvalue weighted by Gasteiger charge is -2.24. The summed E-state index contributed by atoms with van der Waals surface area (Å²) in [6.07, 6.45) is -0.681. The van der Waals surface area contributed by atoms with E-state index in [0.29, 0.717) is 11.3 Å². The minimum absolute atomic E-state index is 0.0622. The van der Waals surface area contributed by atoms with Crippen molar-refractivity contribution < 1.29 is 29.0 Å². The van der Waals surface area contributed by atoms with E-state index >= 15 is 0 Å². The Morgan fingerprint density at radius 2 is 1.65 bits per heavy atom. The van der Waals surface area contributed by atoms with Gasteiger partial charge in [0.05, 0.1) is 7.11 Å². The molecule has 0 spiro atoms. The second kappa shape index (κ2) is 11.6. The normalized spacial score (nSPS) is 12.5. The summed E-state index contributed by atoms with van der Waals surface area (Å²) in [7, 11) is 1.52. The zero-order chi connectivity index (χ0) is 22.8. The van der Waals surface area contributed by atoms with Crippen molar-refractivity contribution in [2.24, 2.45) is 5.92 Å². The highest BCUT2D eigenvalue weighted by Crippen LogP contribution is 2.14. The predicted molar refractivity (Wildman–Crippen MR) is 115 cm³/mol. The number of carbonyl (C=O) groups excluding carboxylic acids is 2. The van der Waals surface area contributed by atoms with Gasteiger partial charge in [0.15, 0.2) is 0 Å². The van der Waals surface area contributed by atoms with Crippen LogP contribution < -0.4 is 15.4 Å². The van der Waals surface area contributed by atoms with Crippen LogP contribution in [0.15, 0.2) is 54.6 Å². The van der Waals surface area contributed by atoms with Gasteiger partial charge in [0.1, 0.15) is 24.4 Å². The lowest BCUT2D eigenvalue weighted by Crippen LogP contribution is -2.54. The summed E-state index contributed by atoms with van der Waals surface area (Å²) < 4.78 is 10.3. The summed E-state index contributed by atoms with van der Waals surface area (Å²) in [5.74, 6) is -1.46. The van der Waals surface area contributed by atoms with Crippen LogP contribution in [0.1, 0.15) is 25.0 Å². The van der Waals surface area contributed by atoms with Gasteiger partial charge in [-0.25, -0.2) is 9.59 Å². The molecule has 3 N–H and O–H groups in total. The molecule has 2 atom stereocenters. The molecular formula is C23H28N2O6. The van der Waals surface area contributed by atoms with Gasteiger partial charge in [-0.1, -0.05) is 56.3 Å². The molecule has 0 heterocycles. The Bertz CT molecular complexity index is 885. The largest absolute Gasteiger partial charge is 0.497 e. The number of hydrogen-bond acceptors (Lipinski definition) is 5. The zero-order valence-corrected chi connectivity index (χ0v) is 17.8. The minimum atomic E-state index is -1.18. The highest BCUT2D eigenvalue weighted by atomic mass is 16.5. The van der Waals surface area contributed by atoms with E-state index in [1.165, 1.54) is 7.11 Å². The number of carboxylic acid groups (broad SMARTS) is 1. The first-order valence-corrected chi connectivity index (χ1v) is 9.93. The maximum atomic E-state index is 12.8. The summed E-state index contributed by atoms with van der Waals surface area (Å²) in [5.41, 5.74) is 1.51. The summed E-state index contributed by atoms with van der Waals surface area (Å²) in [5, 5.41) is 14.6. The number of hydrogen-bond donors (Lipinski definition) is 3. The number of carbonyl (C=O) groups is 3. The number of alkyl carbamates (subject to hydrolysis) is 1. The van der Waals surface area contributed by atoms with Crippen molar-refractivity contribution in [3.05, 3.63) is 65.7 Å². The monoisotopic (exact) mass is 428 g/mol. The second-order valence-electron chi connectivity index (χ2n) is 7.38. The third-order valence-electron chi connectivity index (χ3n) is 4.62. The van der Waals surface area contributed by atoms with E-state index in [2.05, 4.69) is 10.6 Å².